The highest BCUT2D eigenvalue weighted by Crippen LogP contribution is 1.94. The van der Waals surface area contributed by atoms with E-state index in [0.717, 1.165) is 0 Å². The molecule has 58 valence electrons. The van der Waals surface area contributed by atoms with E-state index >= 15 is 0 Å². The van der Waals surface area contributed by atoms with Crippen molar-refractivity contribution in [1.82, 2.24) is 0 Å². The summed E-state index contributed by atoms with van der Waals surface area (Å²) in [6.45, 7) is 0. The first kappa shape index (κ1) is 8.22. The summed E-state index contributed by atoms with van der Waals surface area (Å²) in [6, 6.07) is 6.16. The summed E-state index contributed by atoms with van der Waals surface area (Å²) < 4.78 is 0. The van der Waals surface area contributed by atoms with Gasteiger partial charge in [0.05, 0.1) is 0 Å². The summed E-state index contributed by atoms with van der Waals surface area (Å²) in [4.78, 5) is 0. The molecule has 0 spiro atoms. The Bertz CT molecular complexity index is 241. The Morgan fingerprint density at radius 3 is 2.64 bits per heavy atom. The van der Waals surface area contributed by atoms with Gasteiger partial charge in [-0.3, -0.25) is 0 Å². The number of hydrogen-bond donors (Lipinski definition) is 3. The van der Waals surface area contributed by atoms with Crippen LogP contribution in [0.3, 0.4) is 0 Å². The zero-order valence-corrected chi connectivity index (χ0v) is 5.77. The molecule has 0 radical (unpaired) electrons. The lowest BCUT2D eigenvalue weighted by molar-refractivity contribution is -0.497. The largest absolute Gasteiger partial charge is 0.630 e. The Labute approximate surface area is 64.2 Å². The minimum Gasteiger partial charge on any atom is -0.630 e. The molecule has 1 rings (SSSR count). The molecule has 1 aromatic carbocycles. The highest BCUT2D eigenvalue weighted by Gasteiger charge is 2.10. The number of nitrogens with two attached hydrogens (primary N) is 1. The third kappa shape index (κ3) is 2.02. The average molecular weight is 153 g/mol. The lowest BCUT2D eigenvalue weighted by Crippen LogP contribution is -2.70. The highest BCUT2D eigenvalue weighted by molar-refractivity contribution is 6.58. The second-order valence-corrected chi connectivity index (χ2v) is 2.16. The van der Waals surface area contributed by atoms with Crippen LogP contribution in [0.5, 0.6) is 0 Å². The predicted molar refractivity (Wildman–Crippen MR) is 41.2 cm³/mol. The average Bonchev–Trinajstić information content (AvgIpc) is 2.05. The predicted octanol–water partition coefficient (Wildman–Crippen LogP) is -1.94. The smallest absolute Gasteiger partial charge is 0.488 e. The van der Waals surface area contributed by atoms with Gasteiger partial charge < -0.3 is 20.7 Å². The van der Waals surface area contributed by atoms with Crippen molar-refractivity contribution < 1.29 is 15.5 Å². The monoisotopic (exact) mass is 153 g/mol. The summed E-state index contributed by atoms with van der Waals surface area (Å²) in [7, 11) is -1.50. The number of benzene rings is 1. The van der Waals surface area contributed by atoms with Gasteiger partial charge in [-0.25, -0.2) is 0 Å². The number of quaternary nitrogens is 1. The Balaban J connectivity index is 2.91. The quantitative estimate of drug-likeness (QED) is 0.262. The third-order valence-corrected chi connectivity index (χ3v) is 1.34. The Morgan fingerprint density at radius 1 is 1.36 bits per heavy atom. The Kier molecular flexibility index (Phi) is 2.61. The van der Waals surface area contributed by atoms with E-state index in [2.05, 4.69) is 0 Å². The van der Waals surface area contributed by atoms with E-state index < -0.39 is 7.12 Å². The van der Waals surface area contributed by atoms with Crippen LogP contribution in [-0.2, 0) is 0 Å². The van der Waals surface area contributed by atoms with E-state index in [1.54, 1.807) is 12.1 Å². The molecule has 0 atom stereocenters. The van der Waals surface area contributed by atoms with E-state index in [-0.39, 0.29) is 0 Å². The molecule has 0 unspecified atom stereocenters. The van der Waals surface area contributed by atoms with Crippen molar-refractivity contribution in [3.05, 3.63) is 29.5 Å². The Morgan fingerprint density at radius 2 is 2.09 bits per heavy atom. The van der Waals surface area contributed by atoms with Crippen LogP contribution < -0.4 is 10.9 Å². The van der Waals surface area contributed by atoms with Gasteiger partial charge in [-0.1, -0.05) is 12.1 Å². The van der Waals surface area contributed by atoms with E-state index in [1.807, 2.05) is 0 Å². The summed E-state index contributed by atoms with van der Waals surface area (Å²) in [6.07, 6.45) is 0. The summed E-state index contributed by atoms with van der Waals surface area (Å²) >= 11 is 0. The zero-order valence-electron chi connectivity index (χ0n) is 5.77. The second-order valence-electron chi connectivity index (χ2n) is 2.16. The second kappa shape index (κ2) is 3.50. The van der Waals surface area contributed by atoms with Crippen LogP contribution in [0.1, 0.15) is 0 Å². The highest BCUT2D eigenvalue weighted by atomic mass is 16.5. The van der Waals surface area contributed by atoms with Crippen LogP contribution in [0.15, 0.2) is 24.3 Å². The summed E-state index contributed by atoms with van der Waals surface area (Å²) in [5.74, 6) is 0. The van der Waals surface area contributed by atoms with Crippen molar-refractivity contribution in [1.29, 1.82) is 0 Å². The first-order valence-corrected chi connectivity index (χ1v) is 3.15. The van der Waals surface area contributed by atoms with Gasteiger partial charge >= 0.3 is 7.12 Å². The van der Waals surface area contributed by atoms with Crippen molar-refractivity contribution in [2.75, 3.05) is 0 Å². The lowest BCUT2D eigenvalue weighted by Gasteiger charge is -2.03. The van der Waals surface area contributed by atoms with Crippen LogP contribution in [0, 0.1) is 5.21 Å². The molecule has 1 aromatic rings. The topological polar surface area (TPSA) is 80.1 Å². The molecule has 0 saturated carbocycles. The maximum absolute atomic E-state index is 10.2. The molecule has 0 aliphatic carbocycles. The first-order valence-electron chi connectivity index (χ1n) is 3.15. The fourth-order valence-corrected chi connectivity index (χ4v) is 0.793. The normalized spacial score (nSPS) is 9.73. The maximum atomic E-state index is 10.2. The van der Waals surface area contributed by atoms with Crippen LogP contribution in [-0.4, -0.2) is 17.2 Å². The molecule has 0 aromatic heterocycles. The molecule has 5 heteroatoms. The molecule has 0 aliphatic heterocycles. The molecule has 0 aliphatic rings. The maximum Gasteiger partial charge on any atom is 0.488 e. The fraction of sp³-hybridized carbons (Fsp3) is 0. The van der Waals surface area contributed by atoms with Gasteiger partial charge in [-0.2, -0.15) is 0 Å². The molecule has 0 bridgehead atoms. The van der Waals surface area contributed by atoms with Crippen LogP contribution in [0.4, 0.5) is 5.69 Å². The molecule has 4 nitrogen and oxygen atoms in total. The van der Waals surface area contributed by atoms with E-state index in [1.165, 1.54) is 12.1 Å². The van der Waals surface area contributed by atoms with Gasteiger partial charge in [0.1, 0.15) is 5.69 Å². The molecule has 0 amide bonds. The molecular weight excluding hydrogens is 145 g/mol. The van der Waals surface area contributed by atoms with Crippen LogP contribution in [0.2, 0.25) is 0 Å². The molecule has 11 heavy (non-hydrogen) atoms. The van der Waals surface area contributed by atoms with Crippen LogP contribution in [0.25, 0.3) is 0 Å². The fourth-order valence-electron chi connectivity index (χ4n) is 0.793. The van der Waals surface area contributed by atoms with Gasteiger partial charge in [-0.15, -0.1) is 0 Å². The van der Waals surface area contributed by atoms with E-state index in [4.69, 9.17) is 10.0 Å². The van der Waals surface area contributed by atoms with E-state index in [9.17, 15) is 5.21 Å². The molecular formula is C6H8BNO3. The van der Waals surface area contributed by atoms with Gasteiger partial charge in [0.2, 0.25) is 0 Å². The minimum atomic E-state index is -1.50. The van der Waals surface area contributed by atoms with Gasteiger partial charge in [-0.05, 0) is 17.6 Å². The van der Waals surface area contributed by atoms with Crippen LogP contribution >= 0.6 is 0 Å². The van der Waals surface area contributed by atoms with Gasteiger partial charge in [0, 0.05) is 0 Å². The van der Waals surface area contributed by atoms with Gasteiger partial charge in [0.15, 0.2) is 0 Å². The lowest BCUT2D eigenvalue weighted by atomic mass is 9.80. The molecule has 0 heterocycles. The van der Waals surface area contributed by atoms with Crippen molar-refractivity contribution >= 4 is 18.3 Å². The SMILES string of the molecule is [O-][NH2+]c1cccc(B(O)O)c1. The van der Waals surface area contributed by atoms with Crippen molar-refractivity contribution in [2.45, 2.75) is 0 Å². The first-order chi connectivity index (χ1) is 5.24. The minimum absolute atomic E-state index is 0.328. The molecule has 4 N–H and O–H groups in total. The third-order valence-electron chi connectivity index (χ3n) is 1.34. The van der Waals surface area contributed by atoms with Crippen molar-refractivity contribution in [2.24, 2.45) is 0 Å². The van der Waals surface area contributed by atoms with E-state index in [0.29, 0.717) is 16.6 Å². The molecule has 0 saturated heterocycles. The Hall–Kier alpha value is -0.875. The standard InChI is InChI=1S/C6H8BNO3/c9-7(10)5-2-1-3-6(4-5)8-11/h1-4,9-10H,8H2. The summed E-state index contributed by atoms with van der Waals surface area (Å²) in [5.41, 5.74) is 1.43. The summed E-state index contributed by atoms with van der Waals surface area (Å²) in [5, 5.41) is 27.6. The molecule has 0 fully saturated rings. The number of rotatable bonds is 2. The zero-order chi connectivity index (χ0) is 8.27. The van der Waals surface area contributed by atoms with Crippen molar-refractivity contribution in [3.8, 4) is 0 Å². The number of hydrogen-bond acceptors (Lipinski definition) is 3. The van der Waals surface area contributed by atoms with Crippen molar-refractivity contribution in [3.63, 3.8) is 0 Å². The van der Waals surface area contributed by atoms with Gasteiger partial charge in [0.25, 0.3) is 0 Å².